The van der Waals surface area contributed by atoms with Crippen molar-refractivity contribution >= 4 is 40.3 Å². The van der Waals surface area contributed by atoms with Crippen LogP contribution < -0.4 is 5.46 Å². The van der Waals surface area contributed by atoms with Gasteiger partial charge in [-0.1, -0.05) is 35.8 Å². The smallest absolute Gasteiger partial charge is 0.483 e. The van der Waals surface area contributed by atoms with Crippen molar-refractivity contribution < 1.29 is 18.8 Å². The highest BCUT2D eigenvalue weighted by atomic mass is 79.9. The molecule has 1 aromatic carbocycles. The van der Waals surface area contributed by atoms with Gasteiger partial charge >= 0.3 is 7.12 Å². The molecule has 0 radical (unpaired) electrons. The zero-order chi connectivity index (χ0) is 22.3. The molecule has 0 bridgehead atoms. The summed E-state index contributed by atoms with van der Waals surface area (Å²) in [6.45, 7) is 12.4. The lowest BCUT2D eigenvalue weighted by Crippen LogP contribution is -2.41. The molecule has 3 rings (SSSR count). The van der Waals surface area contributed by atoms with E-state index < -0.39 is 18.3 Å². The van der Waals surface area contributed by atoms with Gasteiger partial charge in [0.25, 0.3) is 0 Å². The number of halogens is 1. The van der Waals surface area contributed by atoms with Gasteiger partial charge in [0, 0.05) is 10.9 Å². The minimum absolute atomic E-state index is 0.131. The Kier molecular flexibility index (Phi) is 6.70. The number of nitrogens with zero attached hydrogens (tertiary/aromatic N) is 2. The van der Waals surface area contributed by atoms with E-state index in [2.05, 4.69) is 69.6 Å². The van der Waals surface area contributed by atoms with Gasteiger partial charge in [-0.15, -0.1) is 0 Å². The van der Waals surface area contributed by atoms with Gasteiger partial charge in [0.2, 0.25) is 11.8 Å². The van der Waals surface area contributed by atoms with Crippen LogP contribution in [-0.4, -0.2) is 56.4 Å². The molecule has 0 spiro atoms. The Bertz CT molecular complexity index is 838. The average Bonchev–Trinajstić information content (AvgIpc) is 2.89. The largest absolute Gasteiger partial charge is 0.495 e. The van der Waals surface area contributed by atoms with Crippen LogP contribution in [0.15, 0.2) is 32.7 Å². The second-order valence-electron chi connectivity index (χ2n) is 9.18. The molecule has 0 saturated carbocycles. The zero-order valence-electron chi connectivity index (χ0n) is 19.2. The van der Waals surface area contributed by atoms with Gasteiger partial charge in [0.05, 0.1) is 25.4 Å². The summed E-state index contributed by atoms with van der Waals surface area (Å²) in [5.41, 5.74) is 1.24. The van der Waals surface area contributed by atoms with Crippen molar-refractivity contribution in [1.29, 1.82) is 0 Å². The molecule has 1 saturated heterocycles. The fourth-order valence-electron chi connectivity index (χ4n) is 3.64. The maximum absolute atomic E-state index is 6.31. The monoisotopic (exact) mass is 478 g/mol. The van der Waals surface area contributed by atoms with Crippen molar-refractivity contribution in [3.05, 3.63) is 28.2 Å². The van der Waals surface area contributed by atoms with Gasteiger partial charge in [0.15, 0.2) is 0 Å². The molecule has 0 N–H and O–H groups in total. The number of hydrogen-bond donors (Lipinski definition) is 0. The lowest BCUT2D eigenvalue weighted by atomic mass is 9.74. The molecule has 0 unspecified atom stereocenters. The number of benzene rings is 1. The highest BCUT2D eigenvalue weighted by Crippen LogP contribution is 2.37. The van der Waals surface area contributed by atoms with Gasteiger partial charge in [-0.3, -0.25) is 0 Å². The fraction of sp³-hybridized carbons (Fsp3) is 0.636. The molecule has 164 valence electrons. The maximum atomic E-state index is 6.31. The van der Waals surface area contributed by atoms with Gasteiger partial charge in [-0.2, -0.15) is 0 Å². The van der Waals surface area contributed by atoms with Crippen LogP contribution in [0.25, 0.3) is 0 Å². The first kappa shape index (κ1) is 23.3. The van der Waals surface area contributed by atoms with E-state index in [9.17, 15) is 0 Å². The van der Waals surface area contributed by atoms with Crippen LogP contribution >= 0.6 is 15.9 Å². The van der Waals surface area contributed by atoms with E-state index in [0.29, 0.717) is 18.2 Å². The Balaban J connectivity index is 1.94. The summed E-state index contributed by atoms with van der Waals surface area (Å²) in [5.74, 6) is 1.53. The molecule has 1 aromatic rings. The summed E-state index contributed by atoms with van der Waals surface area (Å²) in [5, 5.41) is 0. The van der Waals surface area contributed by atoms with Gasteiger partial charge in [-0.05, 0) is 56.8 Å². The van der Waals surface area contributed by atoms with Crippen LogP contribution in [0.4, 0.5) is 0 Å². The normalized spacial score (nSPS) is 25.2. The van der Waals surface area contributed by atoms with Crippen LogP contribution in [-0.2, 0) is 25.2 Å². The average molecular weight is 479 g/mol. The third-order valence-electron chi connectivity index (χ3n) is 6.17. The van der Waals surface area contributed by atoms with E-state index in [1.165, 1.54) is 0 Å². The molecule has 1 fully saturated rings. The molecule has 6 nitrogen and oxygen atoms in total. The number of rotatable bonds is 4. The van der Waals surface area contributed by atoms with Crippen molar-refractivity contribution in [3.8, 4) is 0 Å². The quantitative estimate of drug-likeness (QED) is 0.617. The van der Waals surface area contributed by atoms with Gasteiger partial charge in [-0.25, -0.2) is 9.98 Å². The number of methoxy groups -OCH3 is 2. The van der Waals surface area contributed by atoms with Crippen molar-refractivity contribution in [1.82, 2.24) is 0 Å². The summed E-state index contributed by atoms with van der Waals surface area (Å²) in [6, 6.07) is 5.76. The van der Waals surface area contributed by atoms with Crippen LogP contribution in [0.1, 0.15) is 47.1 Å². The zero-order valence-corrected chi connectivity index (χ0v) is 20.7. The number of aliphatic imine (C=N–C) groups is 2. The van der Waals surface area contributed by atoms with E-state index in [-0.39, 0.29) is 18.0 Å². The first-order valence-electron chi connectivity index (χ1n) is 10.4. The van der Waals surface area contributed by atoms with Crippen LogP contribution in [0.5, 0.6) is 0 Å². The van der Waals surface area contributed by atoms with Crippen molar-refractivity contribution in [2.24, 2.45) is 15.9 Å². The summed E-state index contributed by atoms with van der Waals surface area (Å²) in [4.78, 5) is 9.63. The van der Waals surface area contributed by atoms with Crippen LogP contribution in [0.3, 0.4) is 0 Å². The Morgan fingerprint density at radius 2 is 1.63 bits per heavy atom. The van der Waals surface area contributed by atoms with E-state index in [0.717, 1.165) is 15.5 Å². The first-order chi connectivity index (χ1) is 14.0. The molecule has 2 aliphatic rings. The fourth-order valence-corrected chi connectivity index (χ4v) is 4.02. The Labute approximate surface area is 188 Å². The van der Waals surface area contributed by atoms with Crippen LogP contribution in [0.2, 0.25) is 0 Å². The first-order valence-corrected chi connectivity index (χ1v) is 11.2. The van der Waals surface area contributed by atoms with E-state index >= 15 is 0 Å². The predicted molar refractivity (Wildman–Crippen MR) is 125 cm³/mol. The lowest BCUT2D eigenvalue weighted by molar-refractivity contribution is 0.00578. The molecule has 30 heavy (non-hydrogen) atoms. The SMILES string of the molecule is COC1=N[C@H](Cc2ccc(Br)cc2B2OC(C)(C)C(C)(C)O2)C(OC)=N[C@H]1C(C)C. The summed E-state index contributed by atoms with van der Waals surface area (Å²) in [7, 11) is 2.84. The minimum atomic E-state index is -0.455. The maximum Gasteiger partial charge on any atom is 0.495 e. The third-order valence-corrected chi connectivity index (χ3v) is 6.66. The molecular weight excluding hydrogens is 447 g/mol. The van der Waals surface area contributed by atoms with Gasteiger partial charge < -0.3 is 18.8 Å². The van der Waals surface area contributed by atoms with E-state index in [1.54, 1.807) is 14.2 Å². The van der Waals surface area contributed by atoms with E-state index in [4.69, 9.17) is 28.8 Å². The molecule has 2 heterocycles. The van der Waals surface area contributed by atoms with E-state index in [1.807, 2.05) is 6.07 Å². The van der Waals surface area contributed by atoms with Crippen LogP contribution in [0, 0.1) is 5.92 Å². The van der Waals surface area contributed by atoms with Crippen molar-refractivity contribution in [2.45, 2.75) is 71.2 Å². The molecular formula is C22H32BBrN2O4. The highest BCUT2D eigenvalue weighted by molar-refractivity contribution is 9.10. The molecule has 0 aliphatic carbocycles. The second kappa shape index (κ2) is 8.63. The number of hydrogen-bond acceptors (Lipinski definition) is 6. The van der Waals surface area contributed by atoms with Gasteiger partial charge in [0.1, 0.15) is 12.1 Å². The Morgan fingerprint density at radius 1 is 1.03 bits per heavy atom. The second-order valence-corrected chi connectivity index (χ2v) is 10.1. The third kappa shape index (κ3) is 4.46. The standard InChI is InChI=1S/C22H32BBrN2O4/c1-13(2)18-20(28-8)25-17(19(26-18)27-7)11-14-9-10-15(24)12-16(14)23-29-21(3,4)22(5,6)30-23/h9-10,12-13,17-18H,11H2,1-8H3/t17-,18+/m1/s1. The minimum Gasteiger partial charge on any atom is -0.483 e. The Morgan fingerprint density at radius 3 is 2.17 bits per heavy atom. The topological polar surface area (TPSA) is 61.6 Å². The summed E-state index contributed by atoms with van der Waals surface area (Å²) < 4.78 is 24.8. The summed E-state index contributed by atoms with van der Waals surface area (Å²) >= 11 is 3.59. The number of ether oxygens (including phenoxy) is 2. The molecule has 2 aliphatic heterocycles. The molecule has 0 amide bonds. The molecule has 8 heteroatoms. The van der Waals surface area contributed by atoms with Crippen molar-refractivity contribution in [3.63, 3.8) is 0 Å². The summed E-state index contributed by atoms with van der Waals surface area (Å²) in [6.07, 6.45) is 0.608. The Hall–Kier alpha value is -1.38. The molecule has 2 atom stereocenters. The molecule has 0 aromatic heterocycles. The predicted octanol–water partition coefficient (Wildman–Crippen LogP) is 3.79. The highest BCUT2D eigenvalue weighted by Gasteiger charge is 2.52. The van der Waals surface area contributed by atoms with Crippen molar-refractivity contribution in [2.75, 3.05) is 14.2 Å². The lowest BCUT2D eigenvalue weighted by Gasteiger charge is -2.32.